The van der Waals surface area contributed by atoms with Crippen molar-refractivity contribution in [2.45, 2.75) is 26.2 Å². The van der Waals surface area contributed by atoms with E-state index in [4.69, 9.17) is 4.42 Å². The van der Waals surface area contributed by atoms with Gasteiger partial charge in [-0.2, -0.15) is 15.3 Å². The molecule has 3 aromatic carbocycles. The lowest BCUT2D eigenvalue weighted by molar-refractivity contribution is 0.0994. The van der Waals surface area contributed by atoms with Crippen molar-refractivity contribution in [3.63, 3.8) is 0 Å². The van der Waals surface area contributed by atoms with Gasteiger partial charge in [0.15, 0.2) is 5.76 Å². The van der Waals surface area contributed by atoms with Crippen LogP contribution in [0.25, 0.3) is 0 Å². The molecule has 0 unspecified atom stereocenters. The zero-order chi connectivity index (χ0) is 24.9. The Morgan fingerprint density at radius 1 is 0.861 bits per heavy atom. The number of nitrogens with one attached hydrogen (secondary N) is 2. The first-order chi connectivity index (χ1) is 17.6. The number of nitrogens with zero attached hydrogens (tertiary/aromatic N) is 3. The van der Waals surface area contributed by atoms with E-state index in [2.05, 4.69) is 26.1 Å². The average molecular weight is 482 g/mol. The quantitative estimate of drug-likeness (QED) is 0.220. The van der Waals surface area contributed by atoms with Crippen LogP contribution < -0.4 is 10.7 Å². The number of hydrogen-bond donors (Lipinski definition) is 2. The summed E-state index contributed by atoms with van der Waals surface area (Å²) in [5.41, 5.74) is 8.14. The molecule has 1 aromatic heterocycles. The van der Waals surface area contributed by atoms with E-state index in [0.29, 0.717) is 17.1 Å². The predicted octanol–water partition coefficient (Wildman–Crippen LogP) is 7.55. The Kier molecular flexibility index (Phi) is 6.66. The highest BCUT2D eigenvalue weighted by Gasteiger charge is 2.28. The monoisotopic (exact) mass is 481 g/mol. The molecule has 36 heavy (non-hydrogen) atoms. The molecule has 2 N–H and O–H groups in total. The fourth-order valence-electron chi connectivity index (χ4n) is 4.06. The van der Waals surface area contributed by atoms with Crippen molar-refractivity contribution in [2.75, 3.05) is 10.7 Å². The Labute approximate surface area is 207 Å². The molecule has 0 bridgehead atoms. The number of benzene rings is 3. The van der Waals surface area contributed by atoms with E-state index >= 15 is 0 Å². The topological polar surface area (TPSA) is 91.4 Å². The standard InChI is InChI=1S/C28H24FN5O2/c1-18-26-24(34-33-22-12-10-19(29)11-13-22)8-5-9-25(26)36-27(18)28(35)30-20-14-16-23(17-15-20)32-31-21-6-3-2-4-7-21/h2-4,6-7,10-17,33H,5,8-9H2,1H3,(H,30,35)/b32-31?,34-24+. The summed E-state index contributed by atoms with van der Waals surface area (Å²) in [5.74, 6) is 0.386. The third-order valence-electron chi connectivity index (χ3n) is 5.86. The molecule has 1 aliphatic carbocycles. The van der Waals surface area contributed by atoms with Crippen molar-refractivity contribution in [2.24, 2.45) is 15.3 Å². The highest BCUT2D eigenvalue weighted by atomic mass is 19.1. The minimum Gasteiger partial charge on any atom is -0.455 e. The number of carbonyl (C=O) groups excluding carboxylic acids is 1. The third kappa shape index (κ3) is 5.22. The number of hydrogen-bond acceptors (Lipinski definition) is 6. The molecule has 7 nitrogen and oxygen atoms in total. The zero-order valence-corrected chi connectivity index (χ0v) is 19.7. The van der Waals surface area contributed by atoms with E-state index in [0.717, 1.165) is 47.5 Å². The summed E-state index contributed by atoms with van der Waals surface area (Å²) in [4.78, 5) is 13.0. The average Bonchev–Trinajstić information content (AvgIpc) is 3.26. The number of hydrazone groups is 1. The van der Waals surface area contributed by atoms with Crippen LogP contribution in [0.1, 0.15) is 40.3 Å². The number of anilines is 2. The molecular formula is C28H24FN5O2. The van der Waals surface area contributed by atoms with Crippen molar-refractivity contribution in [1.29, 1.82) is 0 Å². The van der Waals surface area contributed by atoms with Crippen LogP contribution in [-0.2, 0) is 6.42 Å². The highest BCUT2D eigenvalue weighted by Crippen LogP contribution is 2.31. The van der Waals surface area contributed by atoms with E-state index in [-0.39, 0.29) is 17.5 Å². The molecule has 0 spiro atoms. The Morgan fingerprint density at radius 2 is 1.53 bits per heavy atom. The fraction of sp³-hybridized carbons (Fsp3) is 0.143. The second kappa shape index (κ2) is 10.4. The Morgan fingerprint density at radius 3 is 2.25 bits per heavy atom. The molecule has 0 saturated heterocycles. The summed E-state index contributed by atoms with van der Waals surface area (Å²) in [6, 6.07) is 22.6. The summed E-state index contributed by atoms with van der Waals surface area (Å²) in [7, 11) is 0. The molecule has 0 radical (unpaired) electrons. The van der Waals surface area contributed by atoms with E-state index in [9.17, 15) is 9.18 Å². The number of azo groups is 1. The van der Waals surface area contributed by atoms with Crippen molar-refractivity contribution in [3.05, 3.63) is 107 Å². The van der Waals surface area contributed by atoms with Crippen LogP contribution in [0.3, 0.4) is 0 Å². The lowest BCUT2D eigenvalue weighted by Crippen LogP contribution is -2.14. The molecule has 0 aliphatic heterocycles. The maximum atomic E-state index is 13.2. The number of rotatable bonds is 6. The first-order valence-corrected chi connectivity index (χ1v) is 11.7. The number of carbonyl (C=O) groups is 1. The van der Waals surface area contributed by atoms with E-state index in [1.165, 1.54) is 12.1 Å². The fourth-order valence-corrected chi connectivity index (χ4v) is 4.06. The molecule has 8 heteroatoms. The van der Waals surface area contributed by atoms with E-state index < -0.39 is 0 Å². The molecule has 0 atom stereocenters. The Balaban J connectivity index is 1.29. The smallest absolute Gasteiger partial charge is 0.291 e. The predicted molar refractivity (Wildman–Crippen MR) is 138 cm³/mol. The molecule has 1 amide bonds. The van der Waals surface area contributed by atoms with Gasteiger partial charge in [0.1, 0.15) is 11.6 Å². The highest BCUT2D eigenvalue weighted by molar-refractivity contribution is 6.09. The van der Waals surface area contributed by atoms with Crippen LogP contribution in [0.2, 0.25) is 0 Å². The van der Waals surface area contributed by atoms with Crippen LogP contribution in [-0.4, -0.2) is 11.6 Å². The van der Waals surface area contributed by atoms with Gasteiger partial charge < -0.3 is 9.73 Å². The summed E-state index contributed by atoms with van der Waals surface area (Å²) in [6.45, 7) is 1.86. The summed E-state index contributed by atoms with van der Waals surface area (Å²) in [6.07, 6.45) is 2.35. The second-order valence-electron chi connectivity index (χ2n) is 8.42. The van der Waals surface area contributed by atoms with Crippen LogP contribution in [0.4, 0.5) is 27.1 Å². The van der Waals surface area contributed by atoms with Gasteiger partial charge in [0.25, 0.3) is 5.91 Å². The van der Waals surface area contributed by atoms with Crippen molar-refractivity contribution in [3.8, 4) is 0 Å². The van der Waals surface area contributed by atoms with Crippen LogP contribution in [0, 0.1) is 12.7 Å². The molecule has 180 valence electrons. The van der Waals surface area contributed by atoms with Crippen LogP contribution >= 0.6 is 0 Å². The molecule has 0 fully saturated rings. The van der Waals surface area contributed by atoms with Gasteiger partial charge in [0.2, 0.25) is 0 Å². The van der Waals surface area contributed by atoms with Gasteiger partial charge in [-0.05, 0) is 80.4 Å². The Bertz CT molecular complexity index is 1430. The summed E-state index contributed by atoms with van der Waals surface area (Å²) in [5, 5.41) is 15.8. The van der Waals surface area contributed by atoms with Gasteiger partial charge >= 0.3 is 0 Å². The Hall–Kier alpha value is -4.59. The largest absolute Gasteiger partial charge is 0.455 e. The minimum atomic E-state index is -0.327. The van der Waals surface area contributed by atoms with Crippen molar-refractivity contribution in [1.82, 2.24) is 0 Å². The normalized spacial score (nSPS) is 14.1. The lowest BCUT2D eigenvalue weighted by atomic mass is 9.93. The van der Waals surface area contributed by atoms with Crippen molar-refractivity contribution >= 4 is 34.4 Å². The molecule has 1 aliphatic rings. The number of furan rings is 1. The number of aryl methyl sites for hydroxylation is 1. The summed E-state index contributed by atoms with van der Waals surface area (Å²) < 4.78 is 19.1. The summed E-state index contributed by atoms with van der Waals surface area (Å²) >= 11 is 0. The third-order valence-corrected chi connectivity index (χ3v) is 5.86. The van der Waals surface area contributed by atoms with Gasteiger partial charge in [-0.15, -0.1) is 0 Å². The lowest BCUT2D eigenvalue weighted by Gasteiger charge is -2.13. The SMILES string of the molecule is Cc1c(C(=O)Nc2ccc(N=Nc3ccccc3)cc2)oc2c1/C(=N/Nc1ccc(F)cc1)CCC2. The van der Waals surface area contributed by atoms with Gasteiger partial charge in [0, 0.05) is 23.2 Å². The van der Waals surface area contributed by atoms with Gasteiger partial charge in [-0.25, -0.2) is 4.39 Å². The number of amides is 1. The molecule has 4 aromatic rings. The maximum absolute atomic E-state index is 13.2. The molecule has 5 rings (SSSR count). The molecule has 1 heterocycles. The zero-order valence-electron chi connectivity index (χ0n) is 19.7. The maximum Gasteiger partial charge on any atom is 0.291 e. The molecular weight excluding hydrogens is 457 g/mol. The van der Waals surface area contributed by atoms with Crippen LogP contribution in [0.15, 0.2) is 98.6 Å². The van der Waals surface area contributed by atoms with E-state index in [1.807, 2.05) is 37.3 Å². The first kappa shape index (κ1) is 23.2. The minimum absolute atomic E-state index is 0.268. The number of halogens is 1. The second-order valence-corrected chi connectivity index (χ2v) is 8.42. The van der Waals surface area contributed by atoms with E-state index in [1.54, 1.807) is 36.4 Å². The first-order valence-electron chi connectivity index (χ1n) is 11.7. The molecule has 0 saturated carbocycles. The van der Waals surface area contributed by atoms with Crippen molar-refractivity contribution < 1.29 is 13.6 Å². The van der Waals surface area contributed by atoms with Crippen LogP contribution in [0.5, 0.6) is 0 Å². The van der Waals surface area contributed by atoms with Gasteiger partial charge in [-0.1, -0.05) is 18.2 Å². The van der Waals surface area contributed by atoms with Gasteiger partial charge in [-0.3, -0.25) is 10.2 Å². The van der Waals surface area contributed by atoms with Gasteiger partial charge in [0.05, 0.1) is 22.8 Å². The number of fused-ring (bicyclic) bond motifs is 1.